The number of aromatic hydroxyl groups is 2. The topological polar surface area (TPSA) is 134 Å². The van der Waals surface area contributed by atoms with Crippen LogP contribution in [0, 0.1) is 0 Å². The van der Waals surface area contributed by atoms with Crippen molar-refractivity contribution >= 4 is 21.9 Å². The summed E-state index contributed by atoms with van der Waals surface area (Å²) in [6.45, 7) is 3.47. The van der Waals surface area contributed by atoms with Gasteiger partial charge in [-0.25, -0.2) is 9.59 Å². The highest BCUT2D eigenvalue weighted by Crippen LogP contribution is 2.42. The van der Waals surface area contributed by atoms with E-state index in [4.69, 9.17) is 13.3 Å². The van der Waals surface area contributed by atoms with Crippen molar-refractivity contribution in [1.82, 2.24) is 0 Å². The van der Waals surface area contributed by atoms with Gasteiger partial charge in [-0.15, -0.1) is 0 Å². The lowest BCUT2D eigenvalue weighted by Gasteiger charge is -2.18. The molecule has 2 aromatic carbocycles. The Morgan fingerprint density at radius 3 is 1.64 bits per heavy atom. The van der Waals surface area contributed by atoms with Crippen molar-refractivity contribution in [3.63, 3.8) is 0 Å². The van der Waals surface area contributed by atoms with Crippen molar-refractivity contribution in [2.75, 3.05) is 0 Å². The molecule has 0 aliphatic carbocycles. The second-order valence-electron chi connectivity index (χ2n) is 8.57. The Balaban J connectivity index is 1.88. The summed E-state index contributed by atoms with van der Waals surface area (Å²) in [7, 11) is 0. The van der Waals surface area contributed by atoms with E-state index in [0.29, 0.717) is 12.8 Å². The summed E-state index contributed by atoms with van der Waals surface area (Å²) >= 11 is 0. The summed E-state index contributed by atoms with van der Waals surface area (Å²) in [6, 6.07) is 13.1. The van der Waals surface area contributed by atoms with Crippen LogP contribution in [0.5, 0.6) is 11.5 Å². The van der Waals surface area contributed by atoms with Crippen LogP contribution < -0.4 is 11.3 Å². The zero-order valence-corrected chi connectivity index (χ0v) is 19.7. The standard InChI is InChI=1S/C28H24O8/c1-3-14-5-8-19-17(11-14)25(30)23(27(32)35-19)22(21-10-7-16(13-29)34-21)24-26(31)18-12-15(4-2)6-9-20(18)36-28(24)33/h5-12,22,29-31H,3-4,13H2,1-2H3. The minimum absolute atomic E-state index is 0.0428. The van der Waals surface area contributed by atoms with Crippen LogP contribution >= 0.6 is 0 Å². The van der Waals surface area contributed by atoms with Gasteiger partial charge in [-0.2, -0.15) is 0 Å². The van der Waals surface area contributed by atoms with Crippen LogP contribution in [0.15, 0.2) is 71.4 Å². The summed E-state index contributed by atoms with van der Waals surface area (Å²) < 4.78 is 16.7. The van der Waals surface area contributed by atoms with Gasteiger partial charge >= 0.3 is 11.3 Å². The number of rotatable bonds is 6. The lowest BCUT2D eigenvalue weighted by atomic mass is 9.88. The first-order chi connectivity index (χ1) is 17.4. The van der Waals surface area contributed by atoms with E-state index in [1.165, 1.54) is 12.1 Å². The molecular formula is C28H24O8. The molecule has 36 heavy (non-hydrogen) atoms. The van der Waals surface area contributed by atoms with E-state index in [1.54, 1.807) is 36.4 Å². The van der Waals surface area contributed by atoms with Gasteiger partial charge in [0.2, 0.25) is 0 Å². The van der Waals surface area contributed by atoms with E-state index >= 15 is 0 Å². The van der Waals surface area contributed by atoms with Crippen molar-refractivity contribution in [2.24, 2.45) is 0 Å². The largest absolute Gasteiger partial charge is 0.507 e. The number of hydrogen-bond acceptors (Lipinski definition) is 8. The van der Waals surface area contributed by atoms with E-state index in [-0.39, 0.29) is 44.6 Å². The molecule has 0 saturated heterocycles. The molecule has 0 unspecified atom stereocenters. The molecule has 0 atom stereocenters. The third-order valence-electron chi connectivity index (χ3n) is 6.47. The lowest BCUT2D eigenvalue weighted by Crippen LogP contribution is -2.21. The highest BCUT2D eigenvalue weighted by atomic mass is 16.4. The van der Waals surface area contributed by atoms with Gasteiger partial charge in [0.1, 0.15) is 40.8 Å². The molecule has 8 nitrogen and oxygen atoms in total. The second kappa shape index (κ2) is 9.05. The van der Waals surface area contributed by atoms with E-state index in [2.05, 4.69) is 0 Å². The van der Waals surface area contributed by atoms with E-state index in [1.807, 2.05) is 13.8 Å². The Morgan fingerprint density at radius 2 is 1.22 bits per heavy atom. The van der Waals surface area contributed by atoms with Crippen molar-refractivity contribution in [1.29, 1.82) is 0 Å². The smallest absolute Gasteiger partial charge is 0.344 e. The predicted octanol–water partition coefficient (Wildman–Crippen LogP) is 4.70. The molecule has 0 fully saturated rings. The van der Waals surface area contributed by atoms with Gasteiger partial charge in [-0.1, -0.05) is 26.0 Å². The van der Waals surface area contributed by atoms with Crippen LogP contribution in [0.4, 0.5) is 0 Å². The predicted molar refractivity (Wildman–Crippen MR) is 133 cm³/mol. The number of furan rings is 1. The maximum absolute atomic E-state index is 13.2. The molecule has 0 saturated carbocycles. The molecule has 5 aromatic rings. The molecule has 0 aliphatic heterocycles. The summed E-state index contributed by atoms with van der Waals surface area (Å²) in [5.74, 6) is -1.95. The van der Waals surface area contributed by atoms with Crippen molar-refractivity contribution < 1.29 is 28.6 Å². The lowest BCUT2D eigenvalue weighted by molar-refractivity contribution is 0.242. The SMILES string of the molecule is CCc1ccc2oc(=O)c(C(c3ccc(CO)o3)c3c(O)c4cc(CC)ccc4oc3=O)c(O)c2c1. The normalized spacial score (nSPS) is 11.7. The molecule has 3 N–H and O–H groups in total. The molecule has 184 valence electrons. The summed E-state index contributed by atoms with van der Waals surface area (Å²) in [6.07, 6.45) is 1.36. The van der Waals surface area contributed by atoms with Crippen molar-refractivity contribution in [3.8, 4) is 11.5 Å². The first-order valence-corrected chi connectivity index (χ1v) is 11.6. The fourth-order valence-corrected chi connectivity index (χ4v) is 4.51. The molecule has 0 bridgehead atoms. The maximum atomic E-state index is 13.2. The van der Waals surface area contributed by atoms with Crippen molar-refractivity contribution in [2.45, 2.75) is 39.2 Å². The van der Waals surface area contributed by atoms with E-state index in [0.717, 1.165) is 11.1 Å². The monoisotopic (exact) mass is 488 g/mol. The molecule has 0 radical (unpaired) electrons. The number of aliphatic hydroxyl groups excluding tert-OH is 1. The van der Waals surface area contributed by atoms with Crippen LogP contribution in [-0.2, 0) is 19.4 Å². The zero-order valence-electron chi connectivity index (χ0n) is 19.7. The Labute approximate surface area is 204 Å². The second-order valence-corrected chi connectivity index (χ2v) is 8.57. The van der Waals surface area contributed by atoms with Gasteiger partial charge in [-0.05, 0) is 60.4 Å². The van der Waals surface area contributed by atoms with Crippen LogP contribution in [0.3, 0.4) is 0 Å². The zero-order chi connectivity index (χ0) is 25.6. The third-order valence-corrected chi connectivity index (χ3v) is 6.47. The Hall–Kier alpha value is -4.30. The van der Waals surface area contributed by atoms with Crippen molar-refractivity contribution in [3.05, 3.63) is 103 Å². The molecule has 0 spiro atoms. The number of hydrogen-bond donors (Lipinski definition) is 3. The average Bonchev–Trinajstić information content (AvgIpc) is 3.36. The Morgan fingerprint density at radius 1 is 0.722 bits per heavy atom. The molecule has 0 amide bonds. The number of aliphatic hydroxyl groups is 1. The fourth-order valence-electron chi connectivity index (χ4n) is 4.51. The molecular weight excluding hydrogens is 464 g/mol. The van der Waals surface area contributed by atoms with Gasteiger partial charge in [0.15, 0.2) is 0 Å². The Kier molecular flexibility index (Phi) is 5.89. The van der Waals surface area contributed by atoms with Crippen LogP contribution in [0.25, 0.3) is 21.9 Å². The number of fused-ring (bicyclic) bond motifs is 2. The average molecular weight is 488 g/mol. The molecule has 0 aliphatic rings. The number of aryl methyl sites for hydroxylation is 2. The van der Waals surface area contributed by atoms with Gasteiger partial charge in [0, 0.05) is 0 Å². The minimum Gasteiger partial charge on any atom is -0.507 e. The van der Waals surface area contributed by atoms with Gasteiger partial charge < -0.3 is 28.6 Å². The third kappa shape index (κ3) is 3.76. The molecule has 3 aromatic heterocycles. The minimum atomic E-state index is -1.37. The quantitative estimate of drug-likeness (QED) is 0.293. The number of benzene rings is 2. The highest BCUT2D eigenvalue weighted by molar-refractivity contribution is 5.87. The highest BCUT2D eigenvalue weighted by Gasteiger charge is 2.34. The Bertz CT molecular complexity index is 1610. The molecule has 8 heteroatoms. The maximum Gasteiger partial charge on any atom is 0.344 e. The van der Waals surface area contributed by atoms with E-state index < -0.39 is 35.3 Å². The van der Waals surface area contributed by atoms with Gasteiger partial charge in [0.25, 0.3) is 0 Å². The molecule has 5 rings (SSSR count). The summed E-state index contributed by atoms with van der Waals surface area (Å²) in [5, 5.41) is 32.7. The first kappa shape index (κ1) is 23.4. The van der Waals surface area contributed by atoms with Crippen LogP contribution in [0.2, 0.25) is 0 Å². The first-order valence-electron chi connectivity index (χ1n) is 11.6. The van der Waals surface area contributed by atoms with Gasteiger partial charge in [0.05, 0.1) is 27.8 Å². The summed E-state index contributed by atoms with van der Waals surface area (Å²) in [5.41, 5.74) is -0.240. The fraction of sp³-hybridized carbons (Fsp3) is 0.214. The van der Waals surface area contributed by atoms with Crippen LogP contribution in [-0.4, -0.2) is 15.3 Å². The van der Waals surface area contributed by atoms with Gasteiger partial charge in [-0.3, -0.25) is 0 Å². The van der Waals surface area contributed by atoms with E-state index in [9.17, 15) is 24.9 Å². The summed E-state index contributed by atoms with van der Waals surface area (Å²) in [4.78, 5) is 26.5. The molecule has 3 heterocycles. The van der Waals surface area contributed by atoms with Crippen LogP contribution in [0.1, 0.15) is 53.5 Å².